The summed E-state index contributed by atoms with van der Waals surface area (Å²) in [4.78, 5) is 19.1. The van der Waals surface area contributed by atoms with Crippen LogP contribution in [-0.4, -0.2) is 32.4 Å². The second-order valence-electron chi connectivity index (χ2n) is 5.82. The molecule has 20 heavy (non-hydrogen) atoms. The summed E-state index contributed by atoms with van der Waals surface area (Å²) in [5.41, 5.74) is 0. The van der Waals surface area contributed by atoms with Gasteiger partial charge >= 0.3 is 7.60 Å². The number of hydrogen-bond donors (Lipinski definition) is 4. The molecule has 0 aliphatic heterocycles. The molecule has 1 unspecified atom stereocenters. The third kappa shape index (κ3) is 8.68. The molecule has 0 spiro atoms. The Bertz CT molecular complexity index is 282. The third-order valence-corrected chi connectivity index (χ3v) is 6.12. The van der Waals surface area contributed by atoms with Crippen molar-refractivity contribution < 1.29 is 19.5 Å². The van der Waals surface area contributed by atoms with Crippen molar-refractivity contribution >= 4 is 20.2 Å². The van der Waals surface area contributed by atoms with E-state index in [1.54, 1.807) is 6.92 Å². The largest absolute Gasteiger partial charge is 0.396 e. The highest BCUT2D eigenvalue weighted by molar-refractivity contribution is 7.80. The predicted molar refractivity (Wildman–Crippen MR) is 87.6 cm³/mol. The van der Waals surface area contributed by atoms with E-state index >= 15 is 0 Å². The quantitative estimate of drug-likeness (QED) is 0.236. The van der Waals surface area contributed by atoms with Crippen molar-refractivity contribution in [3.05, 3.63) is 0 Å². The van der Waals surface area contributed by atoms with Gasteiger partial charge in [-0.15, -0.1) is 0 Å². The predicted octanol–water partition coefficient (Wildman–Crippen LogP) is 3.75. The van der Waals surface area contributed by atoms with Gasteiger partial charge < -0.3 is 14.9 Å². The number of unbranched alkanes of at least 4 members (excludes halogenated alkanes) is 6. The van der Waals surface area contributed by atoms with Crippen molar-refractivity contribution in [2.24, 2.45) is 0 Å². The van der Waals surface area contributed by atoms with Crippen molar-refractivity contribution in [2.45, 2.75) is 76.3 Å². The first-order chi connectivity index (χ1) is 9.37. The highest BCUT2D eigenvalue weighted by atomic mass is 32.1. The number of aliphatic hydroxyl groups is 1. The van der Waals surface area contributed by atoms with E-state index in [1.165, 1.54) is 12.8 Å². The molecule has 0 aromatic heterocycles. The highest BCUT2D eigenvalue weighted by Gasteiger charge is 2.40. The average molecular weight is 326 g/mol. The van der Waals surface area contributed by atoms with Gasteiger partial charge in [-0.2, -0.15) is 12.6 Å². The molecule has 0 bridgehead atoms. The van der Waals surface area contributed by atoms with Gasteiger partial charge in [0.25, 0.3) is 0 Å². The van der Waals surface area contributed by atoms with E-state index in [0.29, 0.717) is 25.7 Å². The Morgan fingerprint density at radius 3 is 1.80 bits per heavy atom. The summed E-state index contributed by atoms with van der Waals surface area (Å²) in [5.74, 6) is 0.932. The van der Waals surface area contributed by atoms with Crippen LogP contribution in [0.5, 0.6) is 0 Å². The van der Waals surface area contributed by atoms with E-state index < -0.39 is 12.8 Å². The van der Waals surface area contributed by atoms with Crippen molar-refractivity contribution in [1.29, 1.82) is 0 Å². The molecule has 3 N–H and O–H groups in total. The summed E-state index contributed by atoms with van der Waals surface area (Å²) in [6.45, 7) is 1.77. The molecule has 0 aliphatic rings. The normalized spacial score (nSPS) is 15.2. The summed E-state index contributed by atoms with van der Waals surface area (Å²) in [6, 6.07) is 0. The van der Waals surface area contributed by atoms with Crippen molar-refractivity contribution in [3.8, 4) is 0 Å². The standard InChI is InChI=1S/C14H31O4PS/c1-14(19(16,17)18,11-7-8-12-15)10-6-4-2-3-5-9-13-20/h15,20H,2-13H2,1H3,(H2,16,17,18). The number of thiol groups is 1. The summed E-state index contributed by atoms with van der Waals surface area (Å²) in [7, 11) is -4.09. The Hall–Kier alpha value is 0.460. The van der Waals surface area contributed by atoms with Gasteiger partial charge in [0.2, 0.25) is 0 Å². The minimum atomic E-state index is -4.09. The lowest BCUT2D eigenvalue weighted by molar-refractivity contribution is 0.269. The van der Waals surface area contributed by atoms with E-state index in [0.717, 1.165) is 31.4 Å². The number of aliphatic hydroxyl groups excluding tert-OH is 1. The van der Waals surface area contributed by atoms with Crippen LogP contribution in [0.3, 0.4) is 0 Å². The van der Waals surface area contributed by atoms with Gasteiger partial charge in [-0.3, -0.25) is 4.57 Å². The fraction of sp³-hybridized carbons (Fsp3) is 1.00. The highest BCUT2D eigenvalue weighted by Crippen LogP contribution is 2.55. The zero-order chi connectivity index (χ0) is 15.5. The molecule has 6 heteroatoms. The van der Waals surface area contributed by atoms with Crippen LogP contribution in [0.15, 0.2) is 0 Å². The average Bonchev–Trinajstić information content (AvgIpc) is 2.37. The molecule has 0 rings (SSSR count). The van der Waals surface area contributed by atoms with Crippen molar-refractivity contribution in [1.82, 2.24) is 0 Å². The van der Waals surface area contributed by atoms with Crippen LogP contribution < -0.4 is 0 Å². The maximum Gasteiger partial charge on any atom is 0.331 e. The molecule has 0 saturated carbocycles. The summed E-state index contributed by atoms with van der Waals surface area (Å²) in [6.07, 6.45) is 8.86. The zero-order valence-corrected chi connectivity index (χ0v) is 14.4. The molecule has 0 aromatic carbocycles. The molecule has 4 nitrogen and oxygen atoms in total. The van der Waals surface area contributed by atoms with Gasteiger partial charge in [-0.25, -0.2) is 0 Å². The molecular formula is C14H31O4PS. The van der Waals surface area contributed by atoms with Crippen molar-refractivity contribution in [3.63, 3.8) is 0 Å². The van der Waals surface area contributed by atoms with Crippen LogP contribution in [0.1, 0.15) is 71.1 Å². The van der Waals surface area contributed by atoms with Crippen LogP contribution in [0, 0.1) is 0 Å². The van der Waals surface area contributed by atoms with Crippen LogP contribution in [-0.2, 0) is 4.57 Å². The first-order valence-electron chi connectivity index (χ1n) is 7.65. The Labute approximate surface area is 128 Å². The Morgan fingerprint density at radius 2 is 1.35 bits per heavy atom. The van der Waals surface area contributed by atoms with E-state index in [1.807, 2.05) is 0 Å². The molecule has 0 radical (unpaired) electrons. The molecule has 0 heterocycles. The molecule has 0 aromatic rings. The van der Waals surface area contributed by atoms with Gasteiger partial charge in [-0.05, 0) is 44.8 Å². The van der Waals surface area contributed by atoms with E-state index in [4.69, 9.17) is 5.11 Å². The topological polar surface area (TPSA) is 77.8 Å². The minimum Gasteiger partial charge on any atom is -0.396 e. The number of rotatable bonds is 13. The molecule has 0 aliphatic carbocycles. The summed E-state index contributed by atoms with van der Waals surface area (Å²) in [5, 5.41) is 7.86. The maximum absolute atomic E-state index is 11.7. The number of hydrogen-bond acceptors (Lipinski definition) is 3. The summed E-state index contributed by atoms with van der Waals surface area (Å²) >= 11 is 4.17. The van der Waals surface area contributed by atoms with Crippen LogP contribution in [0.25, 0.3) is 0 Å². The van der Waals surface area contributed by atoms with E-state index in [2.05, 4.69) is 12.6 Å². The monoisotopic (exact) mass is 326 g/mol. The summed E-state index contributed by atoms with van der Waals surface area (Å²) < 4.78 is 11.7. The second kappa shape index (κ2) is 11.1. The molecule has 0 amide bonds. The van der Waals surface area contributed by atoms with Crippen molar-refractivity contribution in [2.75, 3.05) is 12.4 Å². The van der Waals surface area contributed by atoms with E-state index in [-0.39, 0.29) is 6.61 Å². The van der Waals surface area contributed by atoms with Gasteiger partial charge in [0.1, 0.15) is 0 Å². The Balaban J connectivity index is 4.02. The zero-order valence-electron chi connectivity index (χ0n) is 12.6. The fourth-order valence-electron chi connectivity index (χ4n) is 2.36. The van der Waals surface area contributed by atoms with Gasteiger partial charge in [0, 0.05) is 6.61 Å². The van der Waals surface area contributed by atoms with E-state index in [9.17, 15) is 14.4 Å². The SMILES string of the molecule is CC(CCCCO)(CCCCCCCCS)P(=O)(O)O. The third-order valence-electron chi connectivity index (χ3n) is 3.95. The molecule has 0 saturated heterocycles. The Kier molecular flexibility index (Phi) is 11.3. The lowest BCUT2D eigenvalue weighted by Crippen LogP contribution is -2.25. The molecule has 122 valence electrons. The lowest BCUT2D eigenvalue weighted by atomic mass is 9.95. The Morgan fingerprint density at radius 1 is 0.900 bits per heavy atom. The molecule has 1 atom stereocenters. The minimum absolute atomic E-state index is 0.0857. The molecule has 0 fully saturated rings. The maximum atomic E-state index is 11.7. The first-order valence-corrected chi connectivity index (χ1v) is 9.89. The van der Waals surface area contributed by atoms with Crippen LogP contribution in [0.2, 0.25) is 0 Å². The first kappa shape index (κ1) is 20.5. The molecular weight excluding hydrogens is 295 g/mol. The van der Waals surface area contributed by atoms with Gasteiger partial charge in [0.15, 0.2) is 0 Å². The second-order valence-corrected chi connectivity index (χ2v) is 8.43. The fourth-order valence-corrected chi connectivity index (χ4v) is 3.48. The van der Waals surface area contributed by atoms with Crippen LogP contribution >= 0.6 is 20.2 Å². The van der Waals surface area contributed by atoms with Gasteiger partial charge in [0.05, 0.1) is 5.16 Å². The lowest BCUT2D eigenvalue weighted by Gasteiger charge is -2.30. The van der Waals surface area contributed by atoms with Crippen LogP contribution in [0.4, 0.5) is 0 Å². The smallest absolute Gasteiger partial charge is 0.331 e. The van der Waals surface area contributed by atoms with Gasteiger partial charge in [-0.1, -0.05) is 32.1 Å².